The van der Waals surface area contributed by atoms with Crippen molar-refractivity contribution in [1.82, 2.24) is 0 Å². The van der Waals surface area contributed by atoms with E-state index in [1.807, 2.05) is 23.5 Å². The van der Waals surface area contributed by atoms with Crippen LogP contribution in [0.15, 0.2) is 66.2 Å². The van der Waals surface area contributed by atoms with E-state index >= 15 is 0 Å². The second-order valence-electron chi connectivity index (χ2n) is 8.73. The van der Waals surface area contributed by atoms with Crippen molar-refractivity contribution in [2.45, 2.75) is 55.1 Å². The van der Waals surface area contributed by atoms with Gasteiger partial charge in [-0.2, -0.15) is 0 Å². The van der Waals surface area contributed by atoms with Crippen molar-refractivity contribution >= 4 is 35.1 Å². The second kappa shape index (κ2) is 9.87. The van der Waals surface area contributed by atoms with Crippen molar-refractivity contribution in [1.29, 1.82) is 0 Å². The fourth-order valence-corrected chi connectivity index (χ4v) is 8.31. The minimum atomic E-state index is -0.164. The Labute approximate surface area is 194 Å². The van der Waals surface area contributed by atoms with Crippen molar-refractivity contribution in [2.75, 3.05) is 11.5 Å². The maximum Gasteiger partial charge on any atom is 0.314 e. The Morgan fingerprint density at radius 1 is 0.806 bits per heavy atom. The summed E-state index contributed by atoms with van der Waals surface area (Å²) in [5.74, 6) is 2.26. The minimum Gasteiger partial charge on any atom is -0.462 e. The predicted octanol–water partition coefficient (Wildman–Crippen LogP) is 6.93. The smallest absolute Gasteiger partial charge is 0.314 e. The fourth-order valence-electron chi connectivity index (χ4n) is 5.21. The van der Waals surface area contributed by atoms with Crippen LogP contribution in [0, 0.1) is 5.92 Å². The third-order valence-corrected chi connectivity index (χ3v) is 9.68. The van der Waals surface area contributed by atoms with Gasteiger partial charge in [-0.15, -0.1) is 23.5 Å². The van der Waals surface area contributed by atoms with Crippen LogP contribution in [-0.2, 0) is 9.53 Å². The van der Waals surface area contributed by atoms with Gasteiger partial charge >= 0.3 is 5.97 Å². The van der Waals surface area contributed by atoms with E-state index in [9.17, 15) is 4.79 Å². The zero-order valence-corrected chi connectivity index (χ0v) is 19.5. The van der Waals surface area contributed by atoms with Crippen molar-refractivity contribution in [3.05, 3.63) is 77.4 Å². The first-order valence-corrected chi connectivity index (χ1v) is 13.7. The molecule has 3 aliphatic rings. The molecule has 0 amide bonds. The van der Waals surface area contributed by atoms with Crippen LogP contribution < -0.4 is 0 Å². The molecule has 1 saturated heterocycles. The lowest BCUT2D eigenvalue weighted by Crippen LogP contribution is -2.41. The zero-order valence-electron chi connectivity index (χ0n) is 17.9. The van der Waals surface area contributed by atoms with E-state index in [0.29, 0.717) is 4.58 Å². The van der Waals surface area contributed by atoms with Gasteiger partial charge in [0.1, 0.15) is 6.10 Å². The Hall–Kier alpha value is -1.65. The first kappa shape index (κ1) is 21.2. The number of thioether (sulfide) groups is 2. The van der Waals surface area contributed by atoms with Gasteiger partial charge in [0.2, 0.25) is 0 Å². The van der Waals surface area contributed by atoms with E-state index < -0.39 is 0 Å². The van der Waals surface area contributed by atoms with Crippen molar-refractivity contribution in [2.24, 2.45) is 5.92 Å². The Morgan fingerprint density at radius 3 is 2.13 bits per heavy atom. The molecule has 31 heavy (non-hydrogen) atoms. The molecule has 1 heterocycles. The summed E-state index contributed by atoms with van der Waals surface area (Å²) in [6, 6.07) is 21.3. The number of rotatable bonds is 5. The van der Waals surface area contributed by atoms with Gasteiger partial charge in [-0.3, -0.25) is 4.79 Å². The lowest BCUT2D eigenvalue weighted by atomic mass is 9.63. The van der Waals surface area contributed by atoms with Crippen LogP contribution in [0.2, 0.25) is 0 Å². The van der Waals surface area contributed by atoms with Gasteiger partial charge in [0, 0.05) is 5.92 Å². The van der Waals surface area contributed by atoms with E-state index in [-0.39, 0.29) is 23.9 Å². The quantitative estimate of drug-likeness (QED) is 0.462. The number of esters is 1. The summed E-state index contributed by atoms with van der Waals surface area (Å²) in [6.45, 7) is 0. The molecule has 162 valence electrons. The van der Waals surface area contributed by atoms with Crippen LogP contribution in [0.1, 0.15) is 55.6 Å². The second-order valence-corrected chi connectivity index (χ2v) is 11.4. The summed E-state index contributed by atoms with van der Waals surface area (Å²) < 4.78 is 6.52. The van der Waals surface area contributed by atoms with E-state index in [0.717, 1.165) is 12.8 Å². The molecule has 2 fully saturated rings. The maximum atomic E-state index is 13.6. The van der Waals surface area contributed by atoms with Gasteiger partial charge < -0.3 is 4.74 Å². The molecular formula is C27H30O2S2. The normalized spacial score (nSPS) is 25.2. The Bertz CT molecular complexity index is 913. The van der Waals surface area contributed by atoms with Crippen LogP contribution in [0.25, 0.3) is 5.57 Å². The third-order valence-electron chi connectivity index (χ3n) is 6.70. The highest BCUT2D eigenvalue weighted by Crippen LogP contribution is 2.58. The highest BCUT2D eigenvalue weighted by Gasteiger charge is 2.50. The SMILES string of the molecule is O=C(OC1CCCCC1)[C@@H]1C(C2SCCCS2)=C(c2ccccc2)[C@H]1c1ccccc1. The van der Waals surface area contributed by atoms with Crippen molar-refractivity contribution in [3.8, 4) is 0 Å². The highest BCUT2D eigenvalue weighted by molar-refractivity contribution is 8.17. The first-order chi connectivity index (χ1) is 15.3. The van der Waals surface area contributed by atoms with Gasteiger partial charge in [0.15, 0.2) is 0 Å². The molecule has 0 bridgehead atoms. The van der Waals surface area contributed by atoms with Crippen molar-refractivity contribution < 1.29 is 9.53 Å². The van der Waals surface area contributed by atoms with Crippen LogP contribution in [0.4, 0.5) is 0 Å². The van der Waals surface area contributed by atoms with Crippen LogP contribution >= 0.6 is 23.5 Å². The Kier molecular flexibility index (Phi) is 6.75. The van der Waals surface area contributed by atoms with Gasteiger partial charge in [-0.25, -0.2) is 0 Å². The molecule has 5 rings (SSSR count). The number of hydrogen-bond donors (Lipinski definition) is 0. The average Bonchev–Trinajstić information content (AvgIpc) is 2.81. The summed E-state index contributed by atoms with van der Waals surface area (Å²) in [6.07, 6.45) is 7.01. The number of allylic oxidation sites excluding steroid dienone is 1. The molecule has 1 saturated carbocycles. The summed E-state index contributed by atoms with van der Waals surface area (Å²) >= 11 is 4.01. The number of ether oxygens (including phenoxy) is 1. The van der Waals surface area contributed by atoms with Gasteiger partial charge in [0.05, 0.1) is 10.5 Å². The van der Waals surface area contributed by atoms with Gasteiger partial charge in [-0.1, -0.05) is 67.1 Å². The molecule has 2 aliphatic carbocycles. The number of hydrogen-bond acceptors (Lipinski definition) is 4. The number of carbonyl (C=O) groups excluding carboxylic acids is 1. The van der Waals surface area contributed by atoms with Crippen LogP contribution in [0.3, 0.4) is 0 Å². The summed E-state index contributed by atoms with van der Waals surface area (Å²) in [4.78, 5) is 13.6. The summed E-state index contributed by atoms with van der Waals surface area (Å²) in [5, 5.41) is 0. The largest absolute Gasteiger partial charge is 0.462 e. The Balaban J connectivity index is 1.55. The molecule has 0 aromatic heterocycles. The van der Waals surface area contributed by atoms with Gasteiger partial charge in [-0.05, 0) is 65.9 Å². The highest BCUT2D eigenvalue weighted by atomic mass is 32.2. The Morgan fingerprint density at radius 2 is 1.45 bits per heavy atom. The average molecular weight is 451 g/mol. The molecule has 1 aliphatic heterocycles. The molecular weight excluding hydrogens is 420 g/mol. The molecule has 0 N–H and O–H groups in total. The molecule has 4 heteroatoms. The molecule has 0 radical (unpaired) electrons. The molecule has 2 aromatic carbocycles. The fraction of sp³-hybridized carbons (Fsp3) is 0.444. The van der Waals surface area contributed by atoms with E-state index in [1.54, 1.807) is 0 Å². The number of benzene rings is 2. The monoisotopic (exact) mass is 450 g/mol. The molecule has 2 nitrogen and oxygen atoms in total. The molecule has 0 unspecified atom stereocenters. The molecule has 2 aromatic rings. The lowest BCUT2D eigenvalue weighted by molar-refractivity contribution is -0.155. The van der Waals surface area contributed by atoms with E-state index in [4.69, 9.17) is 4.74 Å². The van der Waals surface area contributed by atoms with E-state index in [1.165, 1.54) is 59.5 Å². The predicted molar refractivity (Wildman–Crippen MR) is 132 cm³/mol. The van der Waals surface area contributed by atoms with Crippen LogP contribution in [-0.4, -0.2) is 28.2 Å². The first-order valence-electron chi connectivity index (χ1n) is 11.6. The van der Waals surface area contributed by atoms with Gasteiger partial charge in [0.25, 0.3) is 0 Å². The van der Waals surface area contributed by atoms with E-state index in [2.05, 4.69) is 60.7 Å². The van der Waals surface area contributed by atoms with Crippen molar-refractivity contribution in [3.63, 3.8) is 0 Å². The molecule has 2 atom stereocenters. The third kappa shape index (κ3) is 4.47. The minimum absolute atomic E-state index is 0.00204. The maximum absolute atomic E-state index is 13.6. The molecule has 0 spiro atoms. The standard InChI is InChI=1S/C27H30O2S2/c28-26(29-21-15-8-3-9-16-21)24-22(19-11-4-1-5-12-19)23(20-13-6-2-7-14-20)25(24)27-30-17-10-18-31-27/h1-2,4-7,11-14,21-22,24,27H,3,8-10,15-18H2/t22-,24+/m1/s1. The van der Waals surface area contributed by atoms with Crippen LogP contribution in [0.5, 0.6) is 0 Å². The number of carbonyl (C=O) groups is 1. The lowest BCUT2D eigenvalue weighted by Gasteiger charge is -2.45. The summed E-state index contributed by atoms with van der Waals surface area (Å²) in [7, 11) is 0. The summed E-state index contributed by atoms with van der Waals surface area (Å²) in [5.41, 5.74) is 5.14. The topological polar surface area (TPSA) is 26.3 Å². The zero-order chi connectivity index (χ0) is 21.0.